The van der Waals surface area contributed by atoms with Crippen LogP contribution in [-0.2, 0) is 6.42 Å². The summed E-state index contributed by atoms with van der Waals surface area (Å²) in [6.07, 6.45) is 2.68. The van der Waals surface area contributed by atoms with E-state index in [1.54, 1.807) is 6.07 Å². The molecule has 0 fully saturated rings. The molecule has 2 rings (SSSR count). The van der Waals surface area contributed by atoms with Crippen LogP contribution in [0.5, 0.6) is 0 Å². The predicted octanol–water partition coefficient (Wildman–Crippen LogP) is 2.21. The number of rotatable bonds is 6. The maximum atomic E-state index is 13.0. The summed E-state index contributed by atoms with van der Waals surface area (Å²) in [7, 11) is 0. The van der Waals surface area contributed by atoms with Gasteiger partial charge < -0.3 is 5.73 Å². The number of aromatic nitrogens is 2. The number of nitrogens with zero attached hydrogens (tertiary/aromatic N) is 2. The van der Waals surface area contributed by atoms with E-state index in [-0.39, 0.29) is 5.56 Å². The van der Waals surface area contributed by atoms with Crippen LogP contribution in [0.15, 0.2) is 24.3 Å². The zero-order valence-electron chi connectivity index (χ0n) is 10.8. The van der Waals surface area contributed by atoms with Gasteiger partial charge in [-0.2, -0.15) is 0 Å². The first-order valence-corrected chi connectivity index (χ1v) is 7.10. The molecule has 2 aromatic rings. The number of anilines is 1. The predicted molar refractivity (Wildman–Crippen MR) is 76.3 cm³/mol. The zero-order chi connectivity index (χ0) is 14.4. The Balaban J connectivity index is 1.94. The Kier molecular flexibility index (Phi) is 5.14. The fourth-order valence-electron chi connectivity index (χ4n) is 1.62. The Morgan fingerprint density at radius 3 is 2.95 bits per heavy atom. The van der Waals surface area contributed by atoms with Gasteiger partial charge in [-0.1, -0.05) is 17.4 Å². The molecule has 0 spiro atoms. The second kappa shape index (κ2) is 7.06. The molecule has 7 heteroatoms. The first-order chi connectivity index (χ1) is 9.69. The number of hydrogen-bond acceptors (Lipinski definition) is 5. The van der Waals surface area contributed by atoms with Crippen LogP contribution in [0, 0.1) is 5.82 Å². The molecule has 0 atom stereocenters. The van der Waals surface area contributed by atoms with Crippen molar-refractivity contribution in [2.75, 3.05) is 11.9 Å². The number of halogens is 1. The van der Waals surface area contributed by atoms with Gasteiger partial charge in [0, 0.05) is 12.0 Å². The molecule has 1 aromatic heterocycles. The molecule has 5 nitrogen and oxygen atoms in total. The van der Waals surface area contributed by atoms with E-state index < -0.39 is 11.7 Å². The number of benzene rings is 1. The van der Waals surface area contributed by atoms with Gasteiger partial charge in [-0.15, -0.1) is 10.2 Å². The van der Waals surface area contributed by atoms with Crippen molar-refractivity contribution in [3.8, 4) is 0 Å². The lowest BCUT2D eigenvalue weighted by molar-refractivity contribution is 0.102. The highest BCUT2D eigenvalue weighted by molar-refractivity contribution is 7.15. The van der Waals surface area contributed by atoms with E-state index in [4.69, 9.17) is 5.73 Å². The van der Waals surface area contributed by atoms with Crippen molar-refractivity contribution >= 4 is 22.4 Å². The highest BCUT2D eigenvalue weighted by Crippen LogP contribution is 2.18. The molecule has 0 saturated carbocycles. The number of nitrogens with two attached hydrogens (primary N) is 1. The van der Waals surface area contributed by atoms with Gasteiger partial charge in [-0.25, -0.2) is 4.39 Å². The van der Waals surface area contributed by atoms with E-state index in [9.17, 15) is 9.18 Å². The van der Waals surface area contributed by atoms with Crippen LogP contribution in [-0.4, -0.2) is 22.6 Å². The summed E-state index contributed by atoms with van der Waals surface area (Å²) in [6.45, 7) is 0.655. The van der Waals surface area contributed by atoms with Gasteiger partial charge in [0.2, 0.25) is 5.13 Å². The molecule has 0 aliphatic rings. The van der Waals surface area contributed by atoms with E-state index in [1.165, 1.54) is 29.5 Å². The molecule has 0 aliphatic heterocycles. The molecule has 1 heterocycles. The minimum Gasteiger partial charge on any atom is -0.330 e. The standard InChI is InChI=1S/C13H15FN4OS/c14-10-5-3-4-9(8-10)12(19)16-13-18-17-11(20-13)6-1-2-7-15/h3-5,8H,1-2,6-7,15H2,(H,16,18,19). The maximum Gasteiger partial charge on any atom is 0.257 e. The normalized spacial score (nSPS) is 10.5. The van der Waals surface area contributed by atoms with Gasteiger partial charge in [0.05, 0.1) is 0 Å². The van der Waals surface area contributed by atoms with Crippen molar-refractivity contribution in [3.63, 3.8) is 0 Å². The van der Waals surface area contributed by atoms with Crippen molar-refractivity contribution in [1.82, 2.24) is 10.2 Å². The smallest absolute Gasteiger partial charge is 0.257 e. The second-order valence-corrected chi connectivity index (χ2v) is 5.27. The average molecular weight is 294 g/mol. The molecule has 0 aliphatic carbocycles. The first kappa shape index (κ1) is 14.5. The lowest BCUT2D eigenvalue weighted by Gasteiger charge is -2.00. The number of unbranched alkanes of at least 4 members (excludes halogenated alkanes) is 1. The first-order valence-electron chi connectivity index (χ1n) is 6.28. The number of carbonyl (C=O) groups excluding carboxylic acids is 1. The molecule has 0 radical (unpaired) electrons. The Labute approximate surface area is 120 Å². The molecule has 1 amide bonds. The topological polar surface area (TPSA) is 80.9 Å². The largest absolute Gasteiger partial charge is 0.330 e. The second-order valence-electron chi connectivity index (χ2n) is 4.21. The molecule has 20 heavy (non-hydrogen) atoms. The average Bonchev–Trinajstić information content (AvgIpc) is 2.86. The van der Waals surface area contributed by atoms with Gasteiger partial charge in [0.1, 0.15) is 10.8 Å². The summed E-state index contributed by atoms with van der Waals surface area (Å²) in [5, 5.41) is 11.8. The summed E-state index contributed by atoms with van der Waals surface area (Å²) in [4.78, 5) is 11.9. The van der Waals surface area contributed by atoms with Crippen molar-refractivity contribution < 1.29 is 9.18 Å². The minimum atomic E-state index is -0.447. The van der Waals surface area contributed by atoms with E-state index in [0.29, 0.717) is 11.7 Å². The van der Waals surface area contributed by atoms with Crippen molar-refractivity contribution in [3.05, 3.63) is 40.7 Å². The Morgan fingerprint density at radius 2 is 2.20 bits per heavy atom. The van der Waals surface area contributed by atoms with E-state index in [2.05, 4.69) is 15.5 Å². The van der Waals surface area contributed by atoms with Gasteiger partial charge in [-0.3, -0.25) is 10.1 Å². The van der Waals surface area contributed by atoms with Gasteiger partial charge >= 0.3 is 0 Å². The van der Waals surface area contributed by atoms with Gasteiger partial charge in [-0.05, 0) is 37.6 Å². The maximum absolute atomic E-state index is 13.0. The highest BCUT2D eigenvalue weighted by Gasteiger charge is 2.10. The van der Waals surface area contributed by atoms with Gasteiger partial charge in [0.25, 0.3) is 5.91 Å². The van der Waals surface area contributed by atoms with Crippen LogP contribution in [0.1, 0.15) is 28.2 Å². The lowest BCUT2D eigenvalue weighted by atomic mass is 10.2. The summed E-state index contributed by atoms with van der Waals surface area (Å²) < 4.78 is 13.0. The molecule has 106 valence electrons. The van der Waals surface area contributed by atoms with Crippen LogP contribution in [0.2, 0.25) is 0 Å². The SMILES string of the molecule is NCCCCc1nnc(NC(=O)c2cccc(F)c2)s1. The Bertz CT molecular complexity index is 587. The summed E-state index contributed by atoms with van der Waals surface area (Å²) in [6, 6.07) is 5.50. The number of aryl methyl sites for hydroxylation is 1. The number of carbonyl (C=O) groups is 1. The Morgan fingerprint density at radius 1 is 1.35 bits per heavy atom. The summed E-state index contributed by atoms with van der Waals surface area (Å²) in [5.41, 5.74) is 5.67. The molecule has 0 bridgehead atoms. The van der Waals surface area contributed by atoms with E-state index in [1.807, 2.05) is 0 Å². The van der Waals surface area contributed by atoms with Crippen LogP contribution in [0.4, 0.5) is 9.52 Å². The molecule has 1 aromatic carbocycles. The van der Waals surface area contributed by atoms with E-state index >= 15 is 0 Å². The number of amides is 1. The van der Waals surface area contributed by atoms with Crippen LogP contribution in [0.25, 0.3) is 0 Å². The number of nitrogens with one attached hydrogen (secondary N) is 1. The zero-order valence-corrected chi connectivity index (χ0v) is 11.6. The van der Waals surface area contributed by atoms with Crippen molar-refractivity contribution in [2.24, 2.45) is 5.73 Å². The third-order valence-electron chi connectivity index (χ3n) is 2.62. The van der Waals surface area contributed by atoms with Crippen LogP contribution < -0.4 is 11.1 Å². The third kappa shape index (κ3) is 4.07. The summed E-state index contributed by atoms with van der Waals surface area (Å²) in [5.74, 6) is -0.841. The van der Waals surface area contributed by atoms with E-state index in [0.717, 1.165) is 24.3 Å². The van der Waals surface area contributed by atoms with Crippen LogP contribution in [0.3, 0.4) is 0 Å². The molecular weight excluding hydrogens is 279 g/mol. The lowest BCUT2D eigenvalue weighted by Crippen LogP contribution is -2.11. The monoisotopic (exact) mass is 294 g/mol. The minimum absolute atomic E-state index is 0.255. The van der Waals surface area contributed by atoms with Crippen molar-refractivity contribution in [2.45, 2.75) is 19.3 Å². The molecule has 3 N–H and O–H groups in total. The molecular formula is C13H15FN4OS. The van der Waals surface area contributed by atoms with Crippen LogP contribution >= 0.6 is 11.3 Å². The number of hydrogen-bond donors (Lipinski definition) is 2. The molecule has 0 unspecified atom stereocenters. The third-order valence-corrected chi connectivity index (χ3v) is 3.52. The highest BCUT2D eigenvalue weighted by atomic mass is 32.1. The van der Waals surface area contributed by atoms with Gasteiger partial charge in [0.15, 0.2) is 0 Å². The summed E-state index contributed by atoms with van der Waals surface area (Å²) >= 11 is 1.32. The fraction of sp³-hybridized carbons (Fsp3) is 0.308. The fourth-order valence-corrected chi connectivity index (χ4v) is 2.40. The molecule has 0 saturated heterocycles. The van der Waals surface area contributed by atoms with Crippen molar-refractivity contribution in [1.29, 1.82) is 0 Å². The Hall–Kier alpha value is -1.86. The quantitative estimate of drug-likeness (QED) is 0.800.